The Balaban J connectivity index is 0.735. The number of aliphatic imine (C=N–C) groups is 1. The number of hydrogen-bond donors (Lipinski definition) is 7. The average molecular weight is 1320 g/mol. The van der Waals surface area contributed by atoms with Crippen molar-refractivity contribution in [3.05, 3.63) is 130 Å². The molecule has 8 unspecified atom stereocenters. The van der Waals surface area contributed by atoms with E-state index in [1.54, 1.807) is 35.2 Å². The highest BCUT2D eigenvalue weighted by Crippen LogP contribution is 2.89. The van der Waals surface area contributed by atoms with E-state index in [0.717, 1.165) is 77.6 Å². The number of carbonyl (C=O) groups excluding carboxylic acids is 5. The number of aldehydes is 1. The second-order valence-electron chi connectivity index (χ2n) is 26.7. The molecular formula is C69H81N9O14S2. The molecule has 1 spiro atoms. The summed E-state index contributed by atoms with van der Waals surface area (Å²) >= 11 is 5.90. The van der Waals surface area contributed by atoms with Crippen molar-refractivity contribution in [1.82, 2.24) is 25.1 Å². The number of nitrogens with zero attached hydrogens (tertiary/aromatic N) is 6. The molecule has 4 amide bonds. The summed E-state index contributed by atoms with van der Waals surface area (Å²) in [5.41, 5.74) is 11.5. The van der Waals surface area contributed by atoms with Crippen molar-refractivity contribution in [2.24, 2.45) is 32.4 Å². The Morgan fingerprint density at radius 2 is 1.76 bits per heavy atom. The molecule has 3 aromatic carbocycles. The number of allylic oxidation sites excluding steroid dienone is 2. The largest absolute Gasteiger partial charge is 0.479 e. The molecule has 4 saturated carbocycles. The van der Waals surface area contributed by atoms with Crippen LogP contribution in [-0.4, -0.2) is 166 Å². The van der Waals surface area contributed by atoms with E-state index in [1.165, 1.54) is 29.5 Å². The zero-order valence-corrected chi connectivity index (χ0v) is 55.0. The molecule has 2 aromatic heterocycles. The zero-order chi connectivity index (χ0) is 66.7. The fourth-order valence-corrected chi connectivity index (χ4v) is 17.6. The average Bonchev–Trinajstić information content (AvgIpc) is 1.46. The molecule has 25 heteroatoms. The molecule has 1 saturated heterocycles. The molecule has 4 aliphatic carbocycles. The first-order chi connectivity index (χ1) is 45.0. The third kappa shape index (κ3) is 13.8. The summed E-state index contributed by atoms with van der Waals surface area (Å²) < 4.78 is 26.0. The Morgan fingerprint density at radius 3 is 2.52 bits per heavy atom. The number of thiol groups is 1. The summed E-state index contributed by atoms with van der Waals surface area (Å²) in [6.45, 7) is 8.61. The lowest BCUT2D eigenvalue weighted by atomic mass is 9.40. The van der Waals surface area contributed by atoms with E-state index in [2.05, 4.69) is 42.1 Å². The number of carboxylic acids is 2. The van der Waals surface area contributed by atoms with Crippen LogP contribution >= 0.6 is 24.0 Å². The van der Waals surface area contributed by atoms with Gasteiger partial charge in [-0.3, -0.25) is 29.5 Å². The SMILES string of the molecule is CC(=NCC12CC3(OCCN(CCS)C(=O)OCc4ccc(CCCNC(=O)CN(C)C(=O)/C=C\C=O)cc4OC4CC(O)CC(C(=O)O)O4)CC4(C)CC(C)(C1)C4(C2)C3)C(=CN)c1ccc(N2CCc3cccc(C(=O)Nc4nc5ccccc5s4)c3C2)nc1C(=O)O. The molecule has 2 aliphatic heterocycles. The molecule has 4 heterocycles. The Kier molecular flexibility index (Phi) is 19.7. The normalized spacial score (nSPS) is 25.9. The van der Waals surface area contributed by atoms with Crippen molar-refractivity contribution in [1.29, 1.82) is 0 Å². The Bertz CT molecular complexity index is 3850. The van der Waals surface area contributed by atoms with Crippen LogP contribution in [0.2, 0.25) is 0 Å². The van der Waals surface area contributed by atoms with Gasteiger partial charge in [-0.25, -0.2) is 24.4 Å². The number of aliphatic hydroxyl groups excluding tert-OH is 1. The van der Waals surface area contributed by atoms with Gasteiger partial charge in [-0.1, -0.05) is 61.6 Å². The van der Waals surface area contributed by atoms with Gasteiger partial charge in [0.25, 0.3) is 5.91 Å². The van der Waals surface area contributed by atoms with Crippen LogP contribution in [0.25, 0.3) is 15.8 Å². The van der Waals surface area contributed by atoms with Gasteiger partial charge < -0.3 is 60.0 Å². The number of aliphatic carboxylic acids is 1. The van der Waals surface area contributed by atoms with Crippen LogP contribution in [0.5, 0.6) is 5.75 Å². The van der Waals surface area contributed by atoms with Gasteiger partial charge in [0.15, 0.2) is 16.9 Å². The third-order valence-electron chi connectivity index (χ3n) is 20.2. The first-order valence-corrected chi connectivity index (χ1v) is 33.3. The number of para-hydroxylation sites is 1. The number of aryl methyl sites for hydroxylation is 1. The lowest BCUT2D eigenvalue weighted by Gasteiger charge is -2.64. The molecule has 11 rings (SSSR count). The van der Waals surface area contributed by atoms with Gasteiger partial charge in [-0.2, -0.15) is 12.6 Å². The number of anilines is 2. The summed E-state index contributed by atoms with van der Waals surface area (Å²) in [4.78, 5) is 108. The number of nitrogens with two attached hydrogens (primary N) is 1. The number of pyridine rings is 1. The first kappa shape index (κ1) is 67.2. The highest BCUT2D eigenvalue weighted by atomic mass is 32.1. The molecule has 94 heavy (non-hydrogen) atoms. The number of aromatic nitrogens is 2. The van der Waals surface area contributed by atoms with E-state index < -0.39 is 48.0 Å². The molecule has 23 nitrogen and oxygen atoms in total. The maximum absolute atomic E-state index is 14.1. The summed E-state index contributed by atoms with van der Waals surface area (Å²) in [7, 11) is 1.45. The van der Waals surface area contributed by atoms with E-state index >= 15 is 0 Å². The number of hydrogen-bond acceptors (Lipinski definition) is 19. The smallest absolute Gasteiger partial charge is 0.410 e. The van der Waals surface area contributed by atoms with Crippen LogP contribution in [-0.2, 0) is 59.4 Å². The lowest BCUT2D eigenvalue weighted by Crippen LogP contribution is -2.57. The summed E-state index contributed by atoms with van der Waals surface area (Å²) in [5.74, 6) is -2.55. The van der Waals surface area contributed by atoms with Crippen molar-refractivity contribution in [2.45, 2.75) is 129 Å². The maximum Gasteiger partial charge on any atom is 0.410 e. The number of benzene rings is 3. The van der Waals surface area contributed by atoms with Crippen molar-refractivity contribution >= 4 is 98.5 Å². The Labute approximate surface area is 554 Å². The van der Waals surface area contributed by atoms with Gasteiger partial charge in [0, 0.05) is 105 Å². The molecular weight excluding hydrogens is 1240 g/mol. The summed E-state index contributed by atoms with van der Waals surface area (Å²) in [5, 5.41) is 37.3. The minimum atomic E-state index is -1.30. The number of ether oxygens (including phenoxy) is 4. The van der Waals surface area contributed by atoms with Crippen molar-refractivity contribution in [3.8, 4) is 5.75 Å². The van der Waals surface area contributed by atoms with Crippen molar-refractivity contribution < 1.29 is 67.8 Å². The Hall–Kier alpha value is -8.23. The number of amides is 4. The monoisotopic (exact) mass is 1320 g/mol. The number of fused-ring (bicyclic) bond motifs is 4. The second kappa shape index (κ2) is 27.6. The van der Waals surface area contributed by atoms with E-state index in [1.807, 2.05) is 54.3 Å². The van der Waals surface area contributed by atoms with Crippen LogP contribution in [0.15, 0.2) is 96.1 Å². The van der Waals surface area contributed by atoms with Gasteiger partial charge >= 0.3 is 18.0 Å². The molecule has 498 valence electrons. The maximum atomic E-state index is 14.1. The van der Waals surface area contributed by atoms with Gasteiger partial charge in [-0.05, 0) is 146 Å². The second-order valence-corrected chi connectivity index (χ2v) is 28.2. The molecule has 5 fully saturated rings. The predicted octanol–water partition coefficient (Wildman–Crippen LogP) is 8.26. The molecule has 7 N–H and O–H groups in total. The summed E-state index contributed by atoms with van der Waals surface area (Å²) in [6, 6.07) is 22.2. The van der Waals surface area contributed by atoms with Crippen molar-refractivity contribution in [3.63, 3.8) is 0 Å². The first-order valence-electron chi connectivity index (χ1n) is 31.9. The summed E-state index contributed by atoms with van der Waals surface area (Å²) in [6.07, 6.45) is 6.99. The van der Waals surface area contributed by atoms with E-state index in [0.29, 0.717) is 89.9 Å². The molecule has 6 aliphatic rings. The van der Waals surface area contributed by atoms with Crippen LogP contribution in [0.1, 0.15) is 127 Å². The van der Waals surface area contributed by atoms with E-state index in [4.69, 9.17) is 34.7 Å². The fraction of sp³-hybridized carbons (Fsp3) is 0.478. The van der Waals surface area contributed by atoms with Crippen molar-refractivity contribution in [2.75, 3.05) is 68.9 Å². The van der Waals surface area contributed by atoms with Crippen LogP contribution in [0.4, 0.5) is 15.7 Å². The Morgan fingerprint density at radius 1 is 0.947 bits per heavy atom. The third-order valence-corrected chi connectivity index (χ3v) is 21.4. The van der Waals surface area contributed by atoms with Crippen LogP contribution < -0.4 is 26.0 Å². The molecule has 8 atom stereocenters. The van der Waals surface area contributed by atoms with Crippen LogP contribution in [0.3, 0.4) is 0 Å². The predicted molar refractivity (Wildman–Crippen MR) is 356 cm³/mol. The van der Waals surface area contributed by atoms with E-state index in [9.17, 15) is 48.9 Å². The molecule has 5 aromatic rings. The minimum Gasteiger partial charge on any atom is -0.479 e. The van der Waals surface area contributed by atoms with E-state index in [-0.39, 0.29) is 97.2 Å². The standard InChI is InChI=1S/C69H81N9O14S2/c1-42(49(31-70)47-18-19-55(74-59(47)62(86)87)78-22-20-44-11-7-12-48(50(44)32-78)60(83)75-63-73-51-13-5-6-14-54(51)94-63)72-41-67-36-65(2)35-66(3)37-68(38-67,40-69(65,66)39-67)90-26-23-77(24-27-93)64(88)89-34-45-17-16-43(10-8-21-71-56(81)33-76(4)57(82)15-9-25-79)28-52(45)91-58-30-46(80)29-53(92-58)61(84)85/h5-7,9,11-19,25,28,31,46,53,58,80,93H,8,10,20-24,26-27,29-30,32-41,70H2,1-4H3,(H,71,81)(H,84,85)(H,86,87)(H,73,75,83)/b15-9-,49-31?,72-42?. The topological polar surface area (TPSA) is 315 Å². The fourth-order valence-electron chi connectivity index (χ4n) is 16.5. The zero-order valence-electron chi connectivity index (χ0n) is 53.3. The van der Waals surface area contributed by atoms with Gasteiger partial charge in [0.2, 0.25) is 18.1 Å². The minimum absolute atomic E-state index is 0.00112. The van der Waals surface area contributed by atoms with Crippen LogP contribution in [0, 0.1) is 21.7 Å². The number of rotatable bonds is 27. The van der Waals surface area contributed by atoms with Gasteiger partial charge in [-0.15, -0.1) is 0 Å². The van der Waals surface area contributed by atoms with Gasteiger partial charge in [0.05, 0.1) is 35.1 Å². The number of carbonyl (C=O) groups is 7. The number of likely N-dealkylation sites (N-methyl/N-ethyl adjacent to an activating group) is 1. The highest BCUT2D eigenvalue weighted by molar-refractivity contribution is 7.80. The molecule has 3 bridgehead atoms. The number of thiazole rings is 1. The molecule has 0 radical (unpaired) electrons. The lowest BCUT2D eigenvalue weighted by molar-refractivity contribution is -0.195. The number of carboxylic acid groups (broad SMARTS) is 2. The number of nitrogens with one attached hydrogen (secondary N) is 2. The van der Waals surface area contributed by atoms with Gasteiger partial charge in [0.1, 0.15) is 24.5 Å². The number of aliphatic hydroxyl groups is 1. The quantitative estimate of drug-likeness (QED) is 0.00855. The highest BCUT2D eigenvalue weighted by Gasteiger charge is 2.84. The number of aromatic carboxylic acids is 1.